The molecule has 0 bridgehead atoms. The molecule has 160 valence electrons. The maximum Gasteiger partial charge on any atom is 0.339 e. The van der Waals surface area contributed by atoms with Crippen molar-refractivity contribution in [2.24, 2.45) is 10.6 Å². The van der Waals surface area contributed by atoms with Gasteiger partial charge in [0, 0.05) is 22.6 Å². The standard InChI is InChI=1S/C27H30N2O2/c1-18-11-12-22(13-19(18)2)29-20(3)14-23-24(16-27(4,5)17-25(23)29)28-31-26(30)15-21-9-7-6-8-10-21/h6-14H,15-17H2,1-5H3/b28-24+. The van der Waals surface area contributed by atoms with Crippen molar-refractivity contribution < 1.29 is 9.63 Å². The van der Waals surface area contributed by atoms with Crippen molar-refractivity contribution >= 4 is 11.7 Å². The molecule has 0 amide bonds. The number of benzene rings is 2. The maximum absolute atomic E-state index is 12.4. The molecule has 0 radical (unpaired) electrons. The molecule has 0 saturated carbocycles. The first-order valence-electron chi connectivity index (χ1n) is 10.8. The van der Waals surface area contributed by atoms with Crippen LogP contribution in [0.4, 0.5) is 0 Å². The van der Waals surface area contributed by atoms with Crippen molar-refractivity contribution in [3.63, 3.8) is 0 Å². The number of aromatic nitrogens is 1. The van der Waals surface area contributed by atoms with Gasteiger partial charge in [0.1, 0.15) is 0 Å². The molecule has 0 aliphatic heterocycles. The van der Waals surface area contributed by atoms with Crippen LogP contribution >= 0.6 is 0 Å². The molecule has 4 heteroatoms. The first-order chi connectivity index (χ1) is 14.7. The number of fused-ring (bicyclic) bond motifs is 1. The van der Waals surface area contributed by atoms with E-state index in [1.54, 1.807) is 0 Å². The zero-order valence-corrected chi connectivity index (χ0v) is 19.0. The molecule has 1 aromatic heterocycles. The highest BCUT2D eigenvalue weighted by molar-refractivity contribution is 6.03. The first-order valence-corrected chi connectivity index (χ1v) is 10.8. The normalized spacial score (nSPS) is 16.2. The largest absolute Gasteiger partial charge is 0.339 e. The Hall–Kier alpha value is -3.14. The van der Waals surface area contributed by atoms with E-state index < -0.39 is 0 Å². The number of aryl methyl sites for hydroxylation is 3. The summed E-state index contributed by atoms with van der Waals surface area (Å²) < 4.78 is 2.32. The number of nitrogens with zero attached hydrogens (tertiary/aromatic N) is 2. The topological polar surface area (TPSA) is 43.6 Å². The van der Waals surface area contributed by atoms with Crippen molar-refractivity contribution in [3.05, 3.63) is 88.2 Å². The number of rotatable bonds is 4. The smallest absolute Gasteiger partial charge is 0.318 e. The van der Waals surface area contributed by atoms with Gasteiger partial charge in [-0.25, -0.2) is 4.79 Å². The van der Waals surface area contributed by atoms with Crippen molar-refractivity contribution in [3.8, 4) is 5.69 Å². The molecular formula is C27H30N2O2. The first kappa shape index (κ1) is 21.1. The second-order valence-corrected chi connectivity index (χ2v) is 9.43. The van der Waals surface area contributed by atoms with Crippen LogP contribution in [0, 0.1) is 26.2 Å². The molecule has 3 aromatic rings. The molecule has 0 N–H and O–H groups in total. The summed E-state index contributed by atoms with van der Waals surface area (Å²) in [6, 6.07) is 18.4. The lowest BCUT2D eigenvalue weighted by molar-refractivity contribution is -0.142. The Balaban J connectivity index is 1.67. The summed E-state index contributed by atoms with van der Waals surface area (Å²) in [7, 11) is 0. The molecule has 0 unspecified atom stereocenters. The second-order valence-electron chi connectivity index (χ2n) is 9.43. The van der Waals surface area contributed by atoms with Crippen LogP contribution in [-0.2, 0) is 22.5 Å². The molecule has 0 saturated heterocycles. The fourth-order valence-electron chi connectivity index (χ4n) is 4.38. The van der Waals surface area contributed by atoms with Crippen LogP contribution in [0.25, 0.3) is 5.69 Å². The van der Waals surface area contributed by atoms with Gasteiger partial charge in [-0.3, -0.25) is 0 Å². The molecule has 2 aromatic carbocycles. The van der Waals surface area contributed by atoms with Crippen LogP contribution in [0.1, 0.15) is 53.9 Å². The van der Waals surface area contributed by atoms with Gasteiger partial charge in [0.2, 0.25) is 0 Å². The molecule has 31 heavy (non-hydrogen) atoms. The van der Waals surface area contributed by atoms with Crippen molar-refractivity contribution in [2.75, 3.05) is 0 Å². The Morgan fingerprint density at radius 3 is 2.45 bits per heavy atom. The second kappa shape index (κ2) is 8.18. The highest BCUT2D eigenvalue weighted by Crippen LogP contribution is 2.38. The Kier molecular flexibility index (Phi) is 5.57. The number of hydrogen-bond acceptors (Lipinski definition) is 3. The lowest BCUT2D eigenvalue weighted by Gasteiger charge is -2.31. The molecular weight excluding hydrogens is 384 g/mol. The van der Waals surface area contributed by atoms with E-state index in [2.05, 4.69) is 68.6 Å². The van der Waals surface area contributed by atoms with Gasteiger partial charge in [-0.2, -0.15) is 0 Å². The Labute approximate surface area is 184 Å². The molecule has 1 heterocycles. The fourth-order valence-corrected chi connectivity index (χ4v) is 4.38. The van der Waals surface area contributed by atoms with Crippen LogP contribution in [-0.4, -0.2) is 16.2 Å². The van der Waals surface area contributed by atoms with Crippen LogP contribution in [0.2, 0.25) is 0 Å². The highest BCUT2D eigenvalue weighted by Gasteiger charge is 2.33. The highest BCUT2D eigenvalue weighted by atomic mass is 16.7. The zero-order chi connectivity index (χ0) is 22.2. The third-order valence-corrected chi connectivity index (χ3v) is 6.09. The van der Waals surface area contributed by atoms with Gasteiger partial charge in [-0.15, -0.1) is 0 Å². The van der Waals surface area contributed by atoms with Crippen LogP contribution in [0.5, 0.6) is 0 Å². The summed E-state index contributed by atoms with van der Waals surface area (Å²) in [5, 5.41) is 4.35. The SMILES string of the molecule is Cc1ccc(-n2c(C)cc3c2CC(C)(C)C/C3=N\OC(=O)Cc2ccccc2)cc1C. The van der Waals surface area contributed by atoms with E-state index in [1.165, 1.54) is 22.5 Å². The minimum Gasteiger partial charge on any atom is -0.318 e. The summed E-state index contributed by atoms with van der Waals surface area (Å²) in [6.45, 7) is 10.9. The number of oxime groups is 1. The molecule has 0 fully saturated rings. The number of carbonyl (C=O) groups is 1. The van der Waals surface area contributed by atoms with Gasteiger partial charge in [-0.05, 0) is 73.9 Å². The Bertz CT molecular complexity index is 1150. The molecule has 1 aliphatic carbocycles. The minimum atomic E-state index is -0.339. The monoisotopic (exact) mass is 414 g/mol. The molecule has 0 spiro atoms. The lowest BCUT2D eigenvalue weighted by atomic mass is 9.76. The predicted octanol–water partition coefficient (Wildman–Crippen LogP) is 5.86. The number of hydrogen-bond donors (Lipinski definition) is 0. The van der Waals surface area contributed by atoms with Gasteiger partial charge in [0.25, 0.3) is 0 Å². The van der Waals surface area contributed by atoms with E-state index in [0.717, 1.165) is 35.4 Å². The van der Waals surface area contributed by atoms with Crippen molar-refractivity contribution in [1.82, 2.24) is 4.57 Å². The van der Waals surface area contributed by atoms with E-state index in [9.17, 15) is 4.79 Å². The van der Waals surface area contributed by atoms with Crippen molar-refractivity contribution in [1.29, 1.82) is 0 Å². The van der Waals surface area contributed by atoms with E-state index in [0.29, 0.717) is 0 Å². The average Bonchev–Trinajstić information content (AvgIpc) is 3.04. The minimum absolute atomic E-state index is 0.0277. The molecule has 4 rings (SSSR count). The van der Waals surface area contributed by atoms with Crippen molar-refractivity contribution in [2.45, 2.75) is 53.9 Å². The van der Waals surface area contributed by atoms with Gasteiger partial charge in [0.15, 0.2) is 0 Å². The van der Waals surface area contributed by atoms with E-state index in [-0.39, 0.29) is 17.8 Å². The summed E-state index contributed by atoms with van der Waals surface area (Å²) >= 11 is 0. The van der Waals surface area contributed by atoms with E-state index >= 15 is 0 Å². The van der Waals surface area contributed by atoms with Gasteiger partial charge >= 0.3 is 5.97 Å². The third kappa shape index (κ3) is 4.48. The summed E-state index contributed by atoms with van der Waals surface area (Å²) in [5.41, 5.74) is 9.01. The quantitative estimate of drug-likeness (QED) is 0.396. The zero-order valence-electron chi connectivity index (χ0n) is 19.0. The summed E-state index contributed by atoms with van der Waals surface area (Å²) in [5.74, 6) is -0.339. The van der Waals surface area contributed by atoms with Gasteiger partial charge in [-0.1, -0.05) is 55.4 Å². The van der Waals surface area contributed by atoms with Crippen LogP contribution in [0.15, 0.2) is 59.8 Å². The van der Waals surface area contributed by atoms with Crippen LogP contribution in [0.3, 0.4) is 0 Å². The number of carbonyl (C=O) groups excluding carboxylic acids is 1. The van der Waals surface area contributed by atoms with Crippen LogP contribution < -0.4 is 0 Å². The molecule has 0 atom stereocenters. The van der Waals surface area contributed by atoms with E-state index in [4.69, 9.17) is 4.84 Å². The van der Waals surface area contributed by atoms with Gasteiger partial charge in [0.05, 0.1) is 12.1 Å². The Morgan fingerprint density at radius 2 is 1.74 bits per heavy atom. The lowest BCUT2D eigenvalue weighted by Crippen LogP contribution is -2.28. The average molecular weight is 415 g/mol. The fraction of sp³-hybridized carbons (Fsp3) is 0.333. The Morgan fingerprint density at radius 1 is 1.00 bits per heavy atom. The summed E-state index contributed by atoms with van der Waals surface area (Å²) in [6.07, 6.45) is 1.94. The molecule has 4 nitrogen and oxygen atoms in total. The van der Waals surface area contributed by atoms with Gasteiger partial charge < -0.3 is 9.40 Å². The molecule has 1 aliphatic rings. The predicted molar refractivity (Wildman–Crippen MR) is 125 cm³/mol. The van der Waals surface area contributed by atoms with E-state index in [1.807, 2.05) is 30.3 Å². The summed E-state index contributed by atoms with van der Waals surface area (Å²) in [4.78, 5) is 17.7. The maximum atomic E-state index is 12.4. The third-order valence-electron chi connectivity index (χ3n) is 6.09.